The first kappa shape index (κ1) is 90.0. The summed E-state index contributed by atoms with van der Waals surface area (Å²) in [6, 6.07) is 23.8. The highest BCUT2D eigenvalue weighted by Crippen LogP contribution is 2.39. The van der Waals surface area contributed by atoms with E-state index in [2.05, 4.69) is 12.1 Å². The van der Waals surface area contributed by atoms with Crippen LogP contribution >= 0.6 is 0 Å². The fourth-order valence-corrected chi connectivity index (χ4v) is 11.8. The van der Waals surface area contributed by atoms with Gasteiger partial charge in [0.15, 0.2) is 46.0 Å². The lowest BCUT2D eigenvalue weighted by Gasteiger charge is -2.32. The molecule has 0 heterocycles. The molecule has 0 saturated heterocycles. The lowest BCUT2D eigenvalue weighted by Crippen LogP contribution is -2.51. The Morgan fingerprint density at radius 3 is 0.991 bits per heavy atom. The van der Waals surface area contributed by atoms with Crippen LogP contribution in [0.3, 0.4) is 0 Å². The zero-order valence-corrected chi connectivity index (χ0v) is 62.6. The molecular formula is C70H98N10O27. The van der Waals surface area contributed by atoms with Crippen LogP contribution in [0.4, 0.5) is 0 Å². The molecule has 10 atom stereocenters. The van der Waals surface area contributed by atoms with Crippen molar-refractivity contribution in [2.45, 2.75) is 155 Å². The van der Waals surface area contributed by atoms with E-state index in [4.69, 9.17) is 66.7 Å². The van der Waals surface area contributed by atoms with Gasteiger partial charge in [-0.2, -0.15) is 10.5 Å². The Bertz CT molecular complexity index is 3360. The second kappa shape index (κ2) is 45.9. The summed E-state index contributed by atoms with van der Waals surface area (Å²) in [5, 5.41) is 62.3. The molecule has 0 spiro atoms. The van der Waals surface area contributed by atoms with Crippen molar-refractivity contribution in [3.8, 4) is 58.1 Å². The molecule has 4 aromatic rings. The van der Waals surface area contributed by atoms with E-state index in [-0.39, 0.29) is 40.3 Å². The van der Waals surface area contributed by atoms with Crippen molar-refractivity contribution in [1.82, 2.24) is 19.6 Å². The summed E-state index contributed by atoms with van der Waals surface area (Å²) in [5.41, 5.74) is 2.73. The summed E-state index contributed by atoms with van der Waals surface area (Å²) in [6.45, 7) is 6.17. The van der Waals surface area contributed by atoms with E-state index in [1.165, 1.54) is 66.9 Å². The molecule has 0 bridgehead atoms. The number of carbonyl (C=O) groups excluding carboxylic acids is 4. The topological polar surface area (TPSA) is 462 Å². The van der Waals surface area contributed by atoms with Crippen LogP contribution in [-0.4, -0.2) is 202 Å². The molecule has 0 aromatic heterocycles. The summed E-state index contributed by atoms with van der Waals surface area (Å²) in [7, 11) is 12.2. The number of nitriles is 2. The Balaban J connectivity index is 0.0000297. The lowest BCUT2D eigenvalue weighted by molar-refractivity contribution is -0.768. The third kappa shape index (κ3) is 29.4. The van der Waals surface area contributed by atoms with E-state index in [0.29, 0.717) is 121 Å². The minimum absolute atomic E-state index is 0. The monoisotopic (exact) mass is 1510 g/mol. The van der Waals surface area contributed by atoms with Gasteiger partial charge in [-0.3, -0.25) is 19.4 Å². The molecule has 0 aliphatic carbocycles. The van der Waals surface area contributed by atoms with E-state index >= 15 is 9.59 Å². The van der Waals surface area contributed by atoms with Crippen LogP contribution in [0.25, 0.3) is 0 Å². The molecule has 10 unspecified atom stereocenters. The molecule has 4 aromatic carbocycles. The number of carbonyl (C=O) groups is 4. The third-order valence-electron chi connectivity index (χ3n) is 16.9. The van der Waals surface area contributed by atoms with Crippen molar-refractivity contribution < 1.29 is 112 Å². The fourth-order valence-electron chi connectivity index (χ4n) is 11.8. The first-order valence-electron chi connectivity index (χ1n) is 34.0. The number of esters is 2. The van der Waals surface area contributed by atoms with Gasteiger partial charge in [-0.25, -0.2) is 9.59 Å². The first-order chi connectivity index (χ1) is 50.5. The number of ether oxygens (including phenoxy) is 10. The highest BCUT2D eigenvalue weighted by Gasteiger charge is 2.40. The molecule has 4 rings (SSSR count). The molecule has 590 valence electrons. The van der Waals surface area contributed by atoms with Crippen LogP contribution in [0, 0.1) is 75.0 Å². The number of amides is 2. The van der Waals surface area contributed by atoms with Gasteiger partial charge < -0.3 is 82.0 Å². The molecule has 2 amide bonds. The van der Waals surface area contributed by atoms with Gasteiger partial charge in [0.05, 0.1) is 54.8 Å². The number of nitrogens with zero attached hydrogens (tertiary/aromatic N) is 10. The summed E-state index contributed by atoms with van der Waals surface area (Å²) >= 11 is 0. The predicted octanol–water partition coefficient (Wildman–Crippen LogP) is 8.03. The number of likely N-dealkylation sites (N-methyl/N-ethyl adjacent to an activating group) is 2. The maximum absolute atomic E-state index is 15.3. The number of hydrogen-bond acceptors (Lipinski definition) is 30. The summed E-state index contributed by atoms with van der Waals surface area (Å²) < 4.78 is 57.2. The van der Waals surface area contributed by atoms with Gasteiger partial charge >= 0.3 is 36.3 Å². The maximum Gasteiger partial charge on any atom is 0.421 e. The molecule has 0 aliphatic heterocycles. The van der Waals surface area contributed by atoms with E-state index < -0.39 is 119 Å². The second-order valence-corrected chi connectivity index (χ2v) is 24.8. The Kier molecular flexibility index (Phi) is 38.6. The van der Waals surface area contributed by atoms with Crippen LogP contribution in [0.1, 0.15) is 127 Å². The van der Waals surface area contributed by atoms with Gasteiger partial charge in [0.2, 0.25) is 0 Å². The van der Waals surface area contributed by atoms with Gasteiger partial charge in [0, 0.05) is 63.2 Å². The van der Waals surface area contributed by atoms with Crippen LogP contribution in [0.15, 0.2) is 72.8 Å². The average molecular weight is 1510 g/mol. The highest BCUT2D eigenvalue weighted by atomic mass is 17.0. The minimum atomic E-state index is -2.70. The van der Waals surface area contributed by atoms with Gasteiger partial charge in [-0.1, -0.05) is 51.0 Å². The van der Waals surface area contributed by atoms with Crippen LogP contribution in [0.2, 0.25) is 0 Å². The standard InChI is InChI=1S/C70H96N10O26.H2O/c1-15-17-51(39-71)19-25-55(73(7)33-31-49-21-27-57(93-9)61(35-49)97-13)53-23-29-59(95-11)63(37-53)99-69(65(81)75(41-45(3)103-77(85)86)42-46(4)104-78(87)88)101-67(83)68(84)102-70(66(82)76(43-47(5)105-79(89)90)44-48(6)106-80(91)92)100-64-38-54(24-30-60(64)96-12)56(26-20-52(40-72)18-16-2)74(8)34-32-50-22-28-58(94-10)62(36-50)98-14;/h21-24,27-30,35-38,45-48,51-52,55-56,69-70H,15-20,25-26,31-34,41-44H2,1-14H3;1H2. The van der Waals surface area contributed by atoms with E-state index in [1.807, 2.05) is 62.0 Å². The van der Waals surface area contributed by atoms with Crippen molar-refractivity contribution in [2.24, 2.45) is 11.8 Å². The maximum atomic E-state index is 15.3. The van der Waals surface area contributed by atoms with Gasteiger partial charge in [0.25, 0.3) is 20.3 Å². The lowest BCUT2D eigenvalue weighted by atomic mass is 9.92. The van der Waals surface area contributed by atoms with Crippen molar-refractivity contribution in [2.75, 3.05) is 96.0 Å². The zero-order chi connectivity index (χ0) is 78.7. The van der Waals surface area contributed by atoms with E-state index in [9.17, 15) is 60.6 Å². The molecule has 0 fully saturated rings. The molecule has 107 heavy (non-hydrogen) atoms. The number of rotatable bonds is 50. The summed E-state index contributed by atoms with van der Waals surface area (Å²) in [6.07, 6.45) is -6.37. The fraction of sp³-hybridized carbons (Fsp3) is 0.571. The second-order valence-electron chi connectivity index (χ2n) is 24.8. The van der Waals surface area contributed by atoms with Gasteiger partial charge in [0.1, 0.15) is 24.4 Å². The normalized spacial score (nSPS) is 13.7. The minimum Gasteiger partial charge on any atom is -0.493 e. The number of benzene rings is 4. The smallest absolute Gasteiger partial charge is 0.421 e. The predicted molar refractivity (Wildman–Crippen MR) is 378 cm³/mol. The SMILES string of the molecule is CCCC(C#N)CCC(c1ccc(OC)c(OC(OC(=O)C(=O)OC(Oc2cc(C(CCC(C#N)CCC)N(C)CCc3ccc(OC)c(OC)c3)ccc2OC)C(=O)N(CC(C)O[N+](=O)[O-])CC(C)O[N+](=O)[O-])C(=O)N(CC(C)O[N+](=O)[O-])CC(C)O[N+](=O)[O-])c1)N(C)CCc1ccc(OC)c(OC)c1.O. The number of hydrogen-bond donors (Lipinski definition) is 0. The number of methoxy groups -OCH3 is 6. The van der Waals surface area contributed by atoms with Gasteiger partial charge in [-0.15, -0.1) is 40.5 Å². The van der Waals surface area contributed by atoms with Crippen molar-refractivity contribution in [3.05, 3.63) is 136 Å². The molecule has 0 radical (unpaired) electrons. The Hall–Kier alpha value is -11.2. The molecule has 0 aliphatic rings. The molecule has 0 saturated carbocycles. The molecule has 2 N–H and O–H groups in total. The molecule has 37 heteroatoms. The van der Waals surface area contributed by atoms with Crippen LogP contribution in [-0.2, 0) is 60.8 Å². The molecular weight excluding hydrogens is 1410 g/mol. The van der Waals surface area contributed by atoms with Crippen LogP contribution in [0.5, 0.6) is 46.0 Å². The van der Waals surface area contributed by atoms with Crippen molar-refractivity contribution in [3.63, 3.8) is 0 Å². The average Bonchev–Trinajstić information content (AvgIpc) is 0.815. The zero-order valence-electron chi connectivity index (χ0n) is 62.6. The van der Waals surface area contributed by atoms with Crippen LogP contribution < -0.4 is 37.9 Å². The quantitative estimate of drug-likeness (QED) is 0.0133. The van der Waals surface area contributed by atoms with E-state index in [1.54, 1.807) is 24.3 Å². The largest absolute Gasteiger partial charge is 0.493 e. The van der Waals surface area contributed by atoms with E-state index in [0.717, 1.165) is 38.8 Å². The van der Waals surface area contributed by atoms with Crippen molar-refractivity contribution >= 4 is 23.8 Å². The first-order valence-corrected chi connectivity index (χ1v) is 34.0. The Labute approximate surface area is 619 Å². The molecule has 37 nitrogen and oxygen atoms in total. The van der Waals surface area contributed by atoms with Crippen molar-refractivity contribution in [1.29, 1.82) is 10.5 Å². The summed E-state index contributed by atoms with van der Waals surface area (Å²) in [5.74, 6) is -6.78. The van der Waals surface area contributed by atoms with Gasteiger partial charge in [-0.05, 0) is 164 Å². The highest BCUT2D eigenvalue weighted by molar-refractivity contribution is 6.30. The Morgan fingerprint density at radius 1 is 0.430 bits per heavy atom. The Morgan fingerprint density at radius 2 is 0.720 bits per heavy atom. The summed E-state index contributed by atoms with van der Waals surface area (Å²) in [4.78, 5) is 131. The third-order valence-corrected chi connectivity index (χ3v) is 16.9.